The lowest BCUT2D eigenvalue weighted by Gasteiger charge is -2.28. The number of hydrogen-bond donors (Lipinski definition) is 0. The minimum atomic E-state index is -4.51. The van der Waals surface area contributed by atoms with E-state index < -0.39 is 11.2 Å². The van der Waals surface area contributed by atoms with Gasteiger partial charge in [0, 0.05) is 13.1 Å². The van der Waals surface area contributed by atoms with Crippen molar-refractivity contribution in [2.45, 2.75) is 26.1 Å². The predicted octanol–water partition coefficient (Wildman–Crippen LogP) is 3.67. The third-order valence-electron chi connectivity index (χ3n) is 3.65. The zero-order valence-electron chi connectivity index (χ0n) is 11.8. The van der Waals surface area contributed by atoms with E-state index in [4.69, 9.17) is 0 Å². The van der Waals surface area contributed by atoms with Crippen molar-refractivity contribution in [3.8, 4) is 0 Å². The van der Waals surface area contributed by atoms with E-state index in [0.29, 0.717) is 30.8 Å². The van der Waals surface area contributed by atoms with Crippen LogP contribution in [0, 0.1) is 6.92 Å². The fraction of sp³-hybridized carbons (Fsp3) is 0.333. The minimum absolute atomic E-state index is 0.0757. The molecule has 0 radical (unpaired) electrons. The first-order valence-electron chi connectivity index (χ1n) is 6.77. The molecule has 0 bridgehead atoms. The number of carbonyl (C=O) groups excluding carboxylic acids is 1. The number of fused-ring (bicyclic) bond motifs is 1. The highest BCUT2D eigenvalue weighted by Gasteiger charge is 2.37. The Balaban J connectivity index is 1.85. The molecule has 1 aromatic carbocycles. The van der Waals surface area contributed by atoms with Crippen LogP contribution >= 0.6 is 11.3 Å². The van der Waals surface area contributed by atoms with Crippen LogP contribution < -0.4 is 0 Å². The topological polar surface area (TPSA) is 33.2 Å². The molecule has 1 amide bonds. The normalized spacial score (nSPS) is 14.8. The number of thiazole rings is 1. The second-order valence-electron chi connectivity index (χ2n) is 5.18. The molecule has 3 rings (SSSR count). The van der Waals surface area contributed by atoms with Gasteiger partial charge in [0.05, 0.1) is 5.69 Å². The zero-order valence-corrected chi connectivity index (χ0v) is 12.6. The highest BCUT2D eigenvalue weighted by molar-refractivity contribution is 7.13. The Morgan fingerprint density at radius 1 is 1.27 bits per heavy atom. The number of halogens is 3. The highest BCUT2D eigenvalue weighted by Crippen LogP contribution is 2.35. The molecular formula is C15H13F3N2OS. The summed E-state index contributed by atoms with van der Waals surface area (Å²) in [4.78, 5) is 17.6. The van der Waals surface area contributed by atoms with Crippen LogP contribution in [0.3, 0.4) is 0 Å². The molecule has 0 saturated carbocycles. The monoisotopic (exact) mass is 326 g/mol. The lowest BCUT2D eigenvalue weighted by atomic mass is 10.00. The maximum Gasteiger partial charge on any atom is 0.443 e. The first-order chi connectivity index (χ1) is 10.4. The van der Waals surface area contributed by atoms with Crippen molar-refractivity contribution in [1.82, 2.24) is 9.88 Å². The van der Waals surface area contributed by atoms with Crippen LogP contribution in [-0.2, 0) is 19.1 Å². The molecule has 0 atom stereocenters. The number of amides is 1. The Morgan fingerprint density at radius 2 is 1.95 bits per heavy atom. The number of rotatable bonds is 1. The molecule has 0 N–H and O–H groups in total. The van der Waals surface area contributed by atoms with Crippen molar-refractivity contribution >= 4 is 17.2 Å². The molecule has 0 fully saturated rings. The number of aryl methyl sites for hydroxylation is 1. The smallest absolute Gasteiger partial charge is 0.333 e. The summed E-state index contributed by atoms with van der Waals surface area (Å²) in [5.74, 6) is -0.375. The Bertz CT molecular complexity index is 724. The number of aromatic nitrogens is 1. The van der Waals surface area contributed by atoms with Gasteiger partial charge in [-0.25, -0.2) is 4.98 Å². The first-order valence-corrected chi connectivity index (χ1v) is 7.58. The van der Waals surface area contributed by atoms with E-state index in [1.165, 1.54) is 12.5 Å². The third kappa shape index (κ3) is 2.72. The molecule has 22 heavy (non-hydrogen) atoms. The van der Waals surface area contributed by atoms with Crippen LogP contribution in [0.1, 0.15) is 31.5 Å². The lowest BCUT2D eigenvalue weighted by Crippen LogP contribution is -2.35. The molecule has 1 aliphatic rings. The molecule has 1 aliphatic heterocycles. The Morgan fingerprint density at radius 3 is 2.59 bits per heavy atom. The number of benzene rings is 1. The quantitative estimate of drug-likeness (QED) is 0.801. The Kier molecular flexibility index (Phi) is 3.68. The van der Waals surface area contributed by atoms with E-state index in [1.54, 1.807) is 4.90 Å². The molecule has 2 aromatic rings. The van der Waals surface area contributed by atoms with Gasteiger partial charge in [0.1, 0.15) is 4.88 Å². The molecule has 1 aromatic heterocycles. The van der Waals surface area contributed by atoms with Crippen molar-refractivity contribution in [1.29, 1.82) is 0 Å². The van der Waals surface area contributed by atoms with Crippen LogP contribution in [0.5, 0.6) is 0 Å². The Labute approximate surface area is 129 Å². The van der Waals surface area contributed by atoms with Crippen LogP contribution in [0.25, 0.3) is 0 Å². The van der Waals surface area contributed by atoms with Gasteiger partial charge in [-0.1, -0.05) is 24.3 Å². The molecule has 7 heteroatoms. The van der Waals surface area contributed by atoms with Gasteiger partial charge in [0.2, 0.25) is 0 Å². The molecule has 2 heterocycles. The standard InChI is InChI=1S/C15H13F3N2OS/c1-9-12(22-14(19-9)15(16,17)18)13(21)20-7-6-10-4-2-3-5-11(10)8-20/h2-5H,6-8H2,1H3. The van der Waals surface area contributed by atoms with Gasteiger partial charge in [-0.05, 0) is 24.5 Å². The number of alkyl halides is 3. The number of carbonyl (C=O) groups is 1. The van der Waals surface area contributed by atoms with Crippen LogP contribution in [0.4, 0.5) is 13.2 Å². The van der Waals surface area contributed by atoms with Crippen LogP contribution in [-0.4, -0.2) is 22.3 Å². The van der Waals surface area contributed by atoms with Gasteiger partial charge in [-0.2, -0.15) is 13.2 Å². The summed E-state index contributed by atoms with van der Waals surface area (Å²) < 4.78 is 38.1. The zero-order chi connectivity index (χ0) is 15.9. The van der Waals surface area contributed by atoms with E-state index in [0.717, 1.165) is 5.56 Å². The van der Waals surface area contributed by atoms with Gasteiger partial charge in [0.25, 0.3) is 5.91 Å². The van der Waals surface area contributed by atoms with Gasteiger partial charge in [-0.3, -0.25) is 4.79 Å². The summed E-state index contributed by atoms with van der Waals surface area (Å²) in [6.07, 6.45) is -3.80. The van der Waals surface area contributed by atoms with E-state index in [1.807, 2.05) is 24.3 Å². The summed E-state index contributed by atoms with van der Waals surface area (Å²) in [7, 11) is 0. The summed E-state index contributed by atoms with van der Waals surface area (Å²) >= 11 is 0.422. The fourth-order valence-corrected chi connectivity index (χ4v) is 3.43. The summed E-state index contributed by atoms with van der Waals surface area (Å²) in [5.41, 5.74) is 2.37. The average molecular weight is 326 g/mol. The van der Waals surface area contributed by atoms with E-state index in [9.17, 15) is 18.0 Å². The third-order valence-corrected chi connectivity index (χ3v) is 4.84. The van der Waals surface area contributed by atoms with E-state index in [2.05, 4.69) is 4.98 Å². The van der Waals surface area contributed by atoms with Crippen LogP contribution in [0.2, 0.25) is 0 Å². The lowest BCUT2D eigenvalue weighted by molar-refractivity contribution is -0.137. The van der Waals surface area contributed by atoms with Crippen molar-refractivity contribution in [3.63, 3.8) is 0 Å². The van der Waals surface area contributed by atoms with Gasteiger partial charge < -0.3 is 4.90 Å². The number of hydrogen-bond acceptors (Lipinski definition) is 3. The number of nitrogens with zero attached hydrogens (tertiary/aromatic N) is 2. The summed E-state index contributed by atoms with van der Waals surface area (Å²) in [5, 5.41) is -0.967. The molecule has 0 unspecified atom stereocenters. The SMILES string of the molecule is Cc1nc(C(F)(F)F)sc1C(=O)N1CCc2ccccc2C1. The van der Waals surface area contributed by atoms with E-state index in [-0.39, 0.29) is 16.5 Å². The van der Waals surface area contributed by atoms with Crippen LogP contribution in [0.15, 0.2) is 24.3 Å². The van der Waals surface area contributed by atoms with Crippen molar-refractivity contribution in [2.24, 2.45) is 0 Å². The first kappa shape index (κ1) is 15.0. The molecule has 0 aliphatic carbocycles. The maximum absolute atomic E-state index is 12.7. The van der Waals surface area contributed by atoms with Crippen molar-refractivity contribution < 1.29 is 18.0 Å². The molecule has 0 spiro atoms. The van der Waals surface area contributed by atoms with Gasteiger partial charge in [-0.15, -0.1) is 11.3 Å². The second-order valence-corrected chi connectivity index (χ2v) is 6.18. The molecule has 116 valence electrons. The average Bonchev–Trinajstić information content (AvgIpc) is 2.88. The van der Waals surface area contributed by atoms with Crippen molar-refractivity contribution in [2.75, 3.05) is 6.54 Å². The maximum atomic E-state index is 12.7. The highest BCUT2D eigenvalue weighted by atomic mass is 32.1. The molecule has 0 saturated heterocycles. The minimum Gasteiger partial charge on any atom is -0.333 e. The summed E-state index contributed by atoms with van der Waals surface area (Å²) in [6.45, 7) is 2.37. The fourth-order valence-electron chi connectivity index (χ4n) is 2.53. The largest absolute Gasteiger partial charge is 0.443 e. The molecule has 3 nitrogen and oxygen atoms in total. The second kappa shape index (κ2) is 5.39. The predicted molar refractivity (Wildman–Crippen MR) is 76.7 cm³/mol. The summed E-state index contributed by atoms with van der Waals surface area (Å²) in [6, 6.07) is 7.79. The van der Waals surface area contributed by atoms with E-state index >= 15 is 0 Å². The van der Waals surface area contributed by atoms with Gasteiger partial charge >= 0.3 is 6.18 Å². The van der Waals surface area contributed by atoms with Gasteiger partial charge in [0.15, 0.2) is 5.01 Å². The molecular weight excluding hydrogens is 313 g/mol. The Hall–Kier alpha value is -1.89. The van der Waals surface area contributed by atoms with Crippen molar-refractivity contribution in [3.05, 3.63) is 51.0 Å².